The number of likely N-dealkylation sites (tertiary alicyclic amines) is 1. The van der Waals surface area contributed by atoms with Crippen molar-refractivity contribution in [2.24, 2.45) is 9.98 Å². The van der Waals surface area contributed by atoms with Crippen LogP contribution in [0.1, 0.15) is 32.3 Å². The van der Waals surface area contributed by atoms with Gasteiger partial charge in [0.05, 0.1) is 18.1 Å². The average Bonchev–Trinajstić information content (AvgIpc) is 3.18. The maximum atomic E-state index is 12.6. The Morgan fingerprint density at radius 1 is 1.06 bits per heavy atom. The highest BCUT2D eigenvalue weighted by molar-refractivity contribution is 8.16. The second-order valence-electron chi connectivity index (χ2n) is 7.95. The summed E-state index contributed by atoms with van der Waals surface area (Å²) in [4.78, 5) is 25.2. The molecule has 1 saturated heterocycles. The second-order valence-corrected chi connectivity index (χ2v) is 8.92. The van der Waals surface area contributed by atoms with Crippen molar-refractivity contribution in [3.05, 3.63) is 60.2 Å². The fraction of sp³-hybridized carbons (Fsp3) is 0.400. The third kappa shape index (κ3) is 5.40. The van der Waals surface area contributed by atoms with Crippen LogP contribution >= 0.6 is 11.8 Å². The average molecular weight is 451 g/mol. The first-order chi connectivity index (χ1) is 15.6. The molecular formula is C25H30N4O2S. The van der Waals surface area contributed by atoms with Gasteiger partial charge in [0.25, 0.3) is 0 Å². The maximum absolute atomic E-state index is 12.6. The van der Waals surface area contributed by atoms with E-state index in [0.29, 0.717) is 6.61 Å². The largest absolute Gasteiger partial charge is 0.494 e. The Bertz CT molecular complexity index is 981. The fourth-order valence-electron chi connectivity index (χ4n) is 3.99. The Kier molecular flexibility index (Phi) is 7.27. The zero-order chi connectivity index (χ0) is 22.4. The van der Waals surface area contributed by atoms with Crippen molar-refractivity contribution < 1.29 is 9.53 Å². The van der Waals surface area contributed by atoms with E-state index in [2.05, 4.69) is 29.3 Å². The number of hydrogen-bond acceptors (Lipinski definition) is 6. The Hall–Kier alpha value is -2.64. The number of amides is 1. The van der Waals surface area contributed by atoms with Gasteiger partial charge in [0.1, 0.15) is 10.8 Å². The molecule has 1 N–H and O–H groups in total. The number of aliphatic imine (C=N–C) groups is 2. The van der Waals surface area contributed by atoms with E-state index in [0.717, 1.165) is 60.2 Å². The number of anilines is 1. The van der Waals surface area contributed by atoms with Gasteiger partial charge in [0, 0.05) is 37.2 Å². The lowest BCUT2D eigenvalue weighted by molar-refractivity contribution is -0.113. The zero-order valence-corrected chi connectivity index (χ0v) is 19.5. The van der Waals surface area contributed by atoms with Gasteiger partial charge in [-0.05, 0) is 37.7 Å². The van der Waals surface area contributed by atoms with Crippen molar-refractivity contribution in [2.45, 2.75) is 32.4 Å². The number of nitrogens with zero attached hydrogens (tertiary/aromatic N) is 3. The predicted octanol–water partition coefficient (Wildman–Crippen LogP) is 4.47. The lowest BCUT2D eigenvalue weighted by atomic mass is 9.98. The van der Waals surface area contributed by atoms with Crippen LogP contribution in [0.15, 0.2) is 64.6 Å². The molecule has 32 heavy (non-hydrogen) atoms. The first-order valence-corrected chi connectivity index (χ1v) is 12.2. The van der Waals surface area contributed by atoms with Crippen molar-refractivity contribution in [2.75, 3.05) is 37.3 Å². The summed E-state index contributed by atoms with van der Waals surface area (Å²) < 4.78 is 5.45. The highest BCUT2D eigenvalue weighted by Gasteiger charge is 2.39. The normalized spacial score (nSPS) is 17.7. The zero-order valence-electron chi connectivity index (χ0n) is 18.7. The summed E-state index contributed by atoms with van der Waals surface area (Å²) in [6, 6.07) is 17.6. The van der Waals surface area contributed by atoms with Gasteiger partial charge in [-0.2, -0.15) is 0 Å². The molecular weight excluding hydrogens is 420 g/mol. The van der Waals surface area contributed by atoms with Crippen LogP contribution in [-0.4, -0.2) is 59.2 Å². The number of carbonyl (C=O) groups is 1. The summed E-state index contributed by atoms with van der Waals surface area (Å²) >= 11 is 1.47. The number of hydrogen-bond donors (Lipinski definition) is 1. The molecule has 2 aliphatic heterocycles. The van der Waals surface area contributed by atoms with E-state index in [9.17, 15) is 4.79 Å². The number of benzene rings is 2. The molecule has 1 spiro atoms. The minimum absolute atomic E-state index is 0.0592. The molecule has 0 saturated carbocycles. The Morgan fingerprint density at radius 3 is 2.44 bits per heavy atom. The van der Waals surface area contributed by atoms with Crippen LogP contribution in [0.5, 0.6) is 5.75 Å². The van der Waals surface area contributed by atoms with E-state index in [1.165, 1.54) is 11.8 Å². The fourth-order valence-corrected chi connectivity index (χ4v) is 4.87. The van der Waals surface area contributed by atoms with Gasteiger partial charge in [-0.1, -0.05) is 49.0 Å². The number of ether oxygens (including phenoxy) is 1. The highest BCUT2D eigenvalue weighted by Crippen LogP contribution is 2.35. The minimum Gasteiger partial charge on any atom is -0.494 e. The van der Waals surface area contributed by atoms with E-state index in [4.69, 9.17) is 14.7 Å². The molecule has 0 bridgehead atoms. The first kappa shape index (κ1) is 22.6. The molecule has 2 heterocycles. The molecule has 2 aliphatic rings. The van der Waals surface area contributed by atoms with E-state index >= 15 is 0 Å². The van der Waals surface area contributed by atoms with Crippen LogP contribution in [0.3, 0.4) is 0 Å². The van der Waals surface area contributed by atoms with Gasteiger partial charge in [-0.15, -0.1) is 0 Å². The van der Waals surface area contributed by atoms with Crippen LogP contribution in [-0.2, 0) is 4.79 Å². The van der Waals surface area contributed by atoms with Crippen molar-refractivity contribution in [3.8, 4) is 5.75 Å². The number of nitrogens with one attached hydrogen (secondary N) is 1. The van der Waals surface area contributed by atoms with E-state index in [1.54, 1.807) is 0 Å². The quantitative estimate of drug-likeness (QED) is 0.676. The lowest BCUT2D eigenvalue weighted by Crippen LogP contribution is -2.41. The van der Waals surface area contributed by atoms with Crippen molar-refractivity contribution >= 4 is 34.1 Å². The number of carbonyl (C=O) groups excluding carboxylic acids is 1. The van der Waals surface area contributed by atoms with Gasteiger partial charge in [0.15, 0.2) is 5.66 Å². The SMILES string of the molecule is CCOc1ccc(NC(=O)CSC2=NC3(CCN(CC)CC3)N=C2c2ccccc2)cc1. The number of rotatable bonds is 7. The molecule has 1 fully saturated rings. The van der Waals surface area contributed by atoms with E-state index < -0.39 is 0 Å². The molecule has 0 aliphatic carbocycles. The minimum atomic E-state index is -0.384. The van der Waals surface area contributed by atoms with Gasteiger partial charge in [-0.25, -0.2) is 4.99 Å². The third-order valence-electron chi connectivity index (χ3n) is 5.77. The summed E-state index contributed by atoms with van der Waals surface area (Å²) in [5.74, 6) is 1.02. The molecule has 7 heteroatoms. The molecule has 0 radical (unpaired) electrons. The summed E-state index contributed by atoms with van der Waals surface area (Å²) in [7, 11) is 0. The molecule has 0 unspecified atom stereocenters. The van der Waals surface area contributed by atoms with E-state index in [-0.39, 0.29) is 17.3 Å². The van der Waals surface area contributed by atoms with E-state index in [1.807, 2.05) is 49.4 Å². The van der Waals surface area contributed by atoms with Gasteiger partial charge in [0.2, 0.25) is 5.91 Å². The molecule has 0 aromatic heterocycles. The number of piperidine rings is 1. The topological polar surface area (TPSA) is 66.3 Å². The van der Waals surface area contributed by atoms with Gasteiger partial charge in [-0.3, -0.25) is 9.79 Å². The van der Waals surface area contributed by atoms with Crippen LogP contribution in [0.2, 0.25) is 0 Å². The molecule has 1 amide bonds. The predicted molar refractivity (Wildman–Crippen MR) is 133 cm³/mol. The van der Waals surface area contributed by atoms with Gasteiger partial charge < -0.3 is 15.0 Å². The first-order valence-electron chi connectivity index (χ1n) is 11.2. The molecule has 2 aromatic carbocycles. The molecule has 6 nitrogen and oxygen atoms in total. The number of thioether (sulfide) groups is 1. The summed E-state index contributed by atoms with van der Waals surface area (Å²) in [6.45, 7) is 7.82. The Morgan fingerprint density at radius 2 is 1.78 bits per heavy atom. The van der Waals surface area contributed by atoms with Crippen molar-refractivity contribution in [1.29, 1.82) is 0 Å². The van der Waals surface area contributed by atoms with Crippen LogP contribution in [0.4, 0.5) is 5.69 Å². The second kappa shape index (κ2) is 10.3. The summed E-state index contributed by atoms with van der Waals surface area (Å²) in [5, 5.41) is 3.82. The van der Waals surface area contributed by atoms with Crippen molar-refractivity contribution in [1.82, 2.24) is 4.90 Å². The molecule has 2 aromatic rings. The third-order valence-corrected chi connectivity index (χ3v) is 6.74. The monoisotopic (exact) mass is 450 g/mol. The Balaban J connectivity index is 1.44. The highest BCUT2D eigenvalue weighted by atomic mass is 32.2. The molecule has 168 valence electrons. The van der Waals surface area contributed by atoms with Crippen molar-refractivity contribution in [3.63, 3.8) is 0 Å². The van der Waals surface area contributed by atoms with Crippen LogP contribution < -0.4 is 10.1 Å². The molecule has 4 rings (SSSR count). The van der Waals surface area contributed by atoms with Gasteiger partial charge >= 0.3 is 0 Å². The maximum Gasteiger partial charge on any atom is 0.234 e. The lowest BCUT2D eigenvalue weighted by Gasteiger charge is -2.34. The summed E-state index contributed by atoms with van der Waals surface area (Å²) in [6.07, 6.45) is 1.83. The Labute approximate surface area is 194 Å². The smallest absolute Gasteiger partial charge is 0.234 e. The van der Waals surface area contributed by atoms with Crippen LogP contribution in [0, 0.1) is 0 Å². The summed E-state index contributed by atoms with van der Waals surface area (Å²) in [5.41, 5.74) is 2.34. The standard InChI is InChI=1S/C25H30N4O2S/c1-3-29-16-14-25(15-17-29)27-23(19-8-6-5-7-9-19)24(28-25)32-18-22(30)26-20-10-12-21(13-11-20)31-4-2/h5-13H,3-4,14-18H2,1-2H3,(H,26,30). The van der Waals surface area contributed by atoms with Crippen LogP contribution in [0.25, 0.3) is 0 Å². The molecule has 0 atom stereocenters.